The minimum absolute atomic E-state index is 0.0987. The van der Waals surface area contributed by atoms with Crippen molar-refractivity contribution in [2.45, 2.75) is 13.5 Å². The quantitative estimate of drug-likeness (QED) is 0.847. The third-order valence-electron chi connectivity index (χ3n) is 2.96. The fourth-order valence-corrected chi connectivity index (χ4v) is 2.64. The number of rotatable bonds is 5. The van der Waals surface area contributed by atoms with E-state index in [2.05, 4.69) is 0 Å². The maximum Gasteiger partial charge on any atom is 0.260 e. The summed E-state index contributed by atoms with van der Waals surface area (Å²) in [7, 11) is 1.71. The molecule has 1 heterocycles. The Balaban J connectivity index is 1.89. The topological polar surface area (TPSA) is 29.5 Å². The van der Waals surface area contributed by atoms with Gasteiger partial charge in [-0.05, 0) is 36.1 Å². The highest BCUT2D eigenvalue weighted by molar-refractivity contribution is 7.10. The summed E-state index contributed by atoms with van der Waals surface area (Å²) in [6.07, 6.45) is 0. The molecule has 0 unspecified atom stereocenters. The number of thiophene rings is 1. The fraction of sp³-hybridized carbons (Fsp3) is 0.267. The number of ether oxygens (including phenoxy) is 1. The summed E-state index contributed by atoms with van der Waals surface area (Å²) in [5.74, 6) is -0.542. The molecule has 0 bridgehead atoms. The number of carbonyl (C=O) groups excluding carboxylic acids is 1. The third kappa shape index (κ3) is 3.57. The number of benzene rings is 1. The van der Waals surface area contributed by atoms with Crippen LogP contribution in [-0.4, -0.2) is 24.5 Å². The highest BCUT2D eigenvalue weighted by atomic mass is 32.1. The molecule has 1 aromatic carbocycles. The maximum absolute atomic E-state index is 13.4. The Kier molecular flexibility index (Phi) is 4.74. The van der Waals surface area contributed by atoms with Crippen molar-refractivity contribution in [3.63, 3.8) is 0 Å². The molecular weight excluding hydrogens is 277 g/mol. The lowest BCUT2D eigenvalue weighted by Crippen LogP contribution is -2.31. The van der Waals surface area contributed by atoms with Gasteiger partial charge in [-0.1, -0.05) is 12.1 Å². The predicted molar refractivity (Wildman–Crippen MR) is 77.4 cm³/mol. The van der Waals surface area contributed by atoms with E-state index in [4.69, 9.17) is 4.74 Å². The van der Waals surface area contributed by atoms with E-state index < -0.39 is 5.82 Å². The monoisotopic (exact) mass is 293 g/mol. The van der Waals surface area contributed by atoms with Crippen molar-refractivity contribution >= 4 is 17.2 Å². The van der Waals surface area contributed by atoms with Crippen molar-refractivity contribution < 1.29 is 13.9 Å². The summed E-state index contributed by atoms with van der Waals surface area (Å²) in [6.45, 7) is 2.39. The number of nitrogens with zero attached hydrogens (tertiary/aromatic N) is 1. The zero-order chi connectivity index (χ0) is 14.5. The normalized spacial score (nSPS) is 10.3. The Bertz CT molecular complexity index is 597. The first kappa shape index (κ1) is 14.5. The molecule has 0 saturated carbocycles. The highest BCUT2D eigenvalue weighted by Crippen LogP contribution is 2.18. The van der Waals surface area contributed by atoms with Gasteiger partial charge in [0.25, 0.3) is 5.91 Å². The molecule has 3 nitrogen and oxygen atoms in total. The molecule has 20 heavy (non-hydrogen) atoms. The Hall–Kier alpha value is -1.88. The largest absolute Gasteiger partial charge is 0.481 e. The van der Waals surface area contributed by atoms with Crippen LogP contribution >= 0.6 is 11.3 Å². The van der Waals surface area contributed by atoms with Crippen LogP contribution in [0.1, 0.15) is 10.4 Å². The predicted octanol–water partition coefficient (Wildman–Crippen LogP) is 3.23. The van der Waals surface area contributed by atoms with Gasteiger partial charge in [0.15, 0.2) is 18.2 Å². The number of halogens is 1. The van der Waals surface area contributed by atoms with E-state index >= 15 is 0 Å². The number of aryl methyl sites for hydroxylation is 1. The lowest BCUT2D eigenvalue weighted by Gasteiger charge is -2.17. The summed E-state index contributed by atoms with van der Waals surface area (Å²) in [4.78, 5) is 14.7. The first-order valence-electron chi connectivity index (χ1n) is 6.22. The molecule has 0 aliphatic heterocycles. The van der Waals surface area contributed by atoms with E-state index in [0.717, 1.165) is 4.88 Å². The first-order valence-corrected chi connectivity index (χ1v) is 7.10. The van der Waals surface area contributed by atoms with Crippen molar-refractivity contribution in [1.29, 1.82) is 0 Å². The SMILES string of the molecule is Cc1ccsc1CN(C)C(=O)COc1ccccc1F. The van der Waals surface area contributed by atoms with Crippen molar-refractivity contribution in [2.75, 3.05) is 13.7 Å². The Labute approximate surface area is 121 Å². The zero-order valence-corrected chi connectivity index (χ0v) is 12.2. The van der Waals surface area contributed by atoms with E-state index in [1.807, 2.05) is 18.4 Å². The van der Waals surface area contributed by atoms with Crippen molar-refractivity contribution in [1.82, 2.24) is 4.90 Å². The van der Waals surface area contributed by atoms with Crippen LogP contribution in [0.25, 0.3) is 0 Å². The summed E-state index contributed by atoms with van der Waals surface area (Å²) in [5, 5.41) is 2.00. The molecule has 0 fully saturated rings. The Morgan fingerprint density at radius 2 is 2.10 bits per heavy atom. The molecule has 0 aliphatic carbocycles. The van der Waals surface area contributed by atoms with Gasteiger partial charge in [-0.3, -0.25) is 4.79 Å². The van der Waals surface area contributed by atoms with Gasteiger partial charge in [-0.2, -0.15) is 0 Å². The van der Waals surface area contributed by atoms with Crippen LogP contribution in [0.15, 0.2) is 35.7 Å². The lowest BCUT2D eigenvalue weighted by molar-refractivity contribution is -0.132. The molecule has 106 valence electrons. The number of likely N-dealkylation sites (N-methyl/N-ethyl adjacent to an activating group) is 1. The molecule has 0 atom stereocenters. The molecule has 0 radical (unpaired) electrons. The van der Waals surface area contributed by atoms with Crippen molar-refractivity contribution in [2.24, 2.45) is 0 Å². The van der Waals surface area contributed by atoms with Gasteiger partial charge >= 0.3 is 0 Å². The van der Waals surface area contributed by atoms with E-state index in [0.29, 0.717) is 6.54 Å². The number of hydrogen-bond acceptors (Lipinski definition) is 3. The molecule has 0 spiro atoms. The van der Waals surface area contributed by atoms with Gasteiger partial charge in [-0.15, -0.1) is 11.3 Å². The van der Waals surface area contributed by atoms with Gasteiger partial charge in [0.05, 0.1) is 6.54 Å². The molecular formula is C15H16FNO2S. The van der Waals surface area contributed by atoms with Gasteiger partial charge in [0.2, 0.25) is 0 Å². The van der Waals surface area contributed by atoms with Crippen LogP contribution in [-0.2, 0) is 11.3 Å². The maximum atomic E-state index is 13.4. The highest BCUT2D eigenvalue weighted by Gasteiger charge is 2.13. The van der Waals surface area contributed by atoms with E-state index in [1.54, 1.807) is 35.4 Å². The first-order chi connectivity index (χ1) is 9.58. The van der Waals surface area contributed by atoms with Crippen LogP contribution in [0.3, 0.4) is 0 Å². The minimum Gasteiger partial charge on any atom is -0.481 e. The molecule has 1 aromatic heterocycles. The number of carbonyl (C=O) groups is 1. The van der Waals surface area contributed by atoms with E-state index in [-0.39, 0.29) is 18.3 Å². The second-order valence-electron chi connectivity index (χ2n) is 4.50. The van der Waals surface area contributed by atoms with Crippen LogP contribution in [0.2, 0.25) is 0 Å². The summed E-state index contributed by atoms with van der Waals surface area (Å²) in [6, 6.07) is 8.08. The summed E-state index contributed by atoms with van der Waals surface area (Å²) in [5.41, 5.74) is 1.17. The van der Waals surface area contributed by atoms with Crippen LogP contribution in [0, 0.1) is 12.7 Å². The van der Waals surface area contributed by atoms with Gasteiger partial charge in [0, 0.05) is 11.9 Å². The number of amides is 1. The molecule has 2 aromatic rings. The van der Waals surface area contributed by atoms with Crippen molar-refractivity contribution in [3.05, 3.63) is 52.0 Å². The second-order valence-corrected chi connectivity index (χ2v) is 5.50. The molecule has 1 amide bonds. The van der Waals surface area contributed by atoms with Gasteiger partial charge < -0.3 is 9.64 Å². The van der Waals surface area contributed by atoms with Crippen LogP contribution in [0.4, 0.5) is 4.39 Å². The summed E-state index contributed by atoms with van der Waals surface area (Å²) < 4.78 is 18.6. The third-order valence-corrected chi connectivity index (χ3v) is 3.97. The average molecular weight is 293 g/mol. The Morgan fingerprint density at radius 3 is 2.75 bits per heavy atom. The van der Waals surface area contributed by atoms with Crippen LogP contribution in [0.5, 0.6) is 5.75 Å². The number of para-hydroxylation sites is 1. The Morgan fingerprint density at radius 1 is 1.35 bits per heavy atom. The molecule has 2 rings (SSSR count). The lowest BCUT2D eigenvalue weighted by atomic mass is 10.3. The van der Waals surface area contributed by atoms with Crippen molar-refractivity contribution in [3.8, 4) is 5.75 Å². The van der Waals surface area contributed by atoms with Gasteiger partial charge in [0.1, 0.15) is 0 Å². The standard InChI is InChI=1S/C15H16FNO2S/c1-11-7-8-20-14(11)9-17(2)15(18)10-19-13-6-4-3-5-12(13)16/h3-8H,9-10H2,1-2H3. The number of hydrogen-bond donors (Lipinski definition) is 0. The van der Waals surface area contributed by atoms with Crippen LogP contribution < -0.4 is 4.74 Å². The second kappa shape index (κ2) is 6.52. The van der Waals surface area contributed by atoms with E-state index in [9.17, 15) is 9.18 Å². The molecule has 0 N–H and O–H groups in total. The van der Waals surface area contributed by atoms with E-state index in [1.165, 1.54) is 17.7 Å². The van der Waals surface area contributed by atoms with Gasteiger partial charge in [-0.25, -0.2) is 4.39 Å². The molecule has 0 aliphatic rings. The fourth-order valence-electron chi connectivity index (χ4n) is 1.68. The summed E-state index contributed by atoms with van der Waals surface area (Å²) >= 11 is 1.62. The average Bonchev–Trinajstić information content (AvgIpc) is 2.83. The smallest absolute Gasteiger partial charge is 0.260 e. The zero-order valence-electron chi connectivity index (χ0n) is 11.4. The molecule has 5 heteroatoms. The molecule has 0 saturated heterocycles. The minimum atomic E-state index is -0.461.